The Morgan fingerprint density at radius 2 is 2.12 bits per heavy atom. The van der Waals surface area contributed by atoms with E-state index in [4.69, 9.17) is 25.6 Å². The van der Waals surface area contributed by atoms with Crippen LogP contribution in [0.15, 0.2) is 47.0 Å². The number of benzene rings is 2. The molecule has 1 aromatic heterocycles. The molecule has 0 aliphatic carbocycles. The molecule has 0 bridgehead atoms. The number of hydrogen-bond donors (Lipinski definition) is 0. The van der Waals surface area contributed by atoms with Crippen LogP contribution in [0, 0.1) is 10.1 Å². The van der Waals surface area contributed by atoms with Gasteiger partial charge in [-0.05, 0) is 24.3 Å². The highest BCUT2D eigenvalue weighted by atomic mass is 35.5. The van der Waals surface area contributed by atoms with Crippen LogP contribution in [0.3, 0.4) is 0 Å². The number of nitrogens with zero attached hydrogens (tertiary/aromatic N) is 3. The van der Waals surface area contributed by atoms with Gasteiger partial charge < -0.3 is 14.0 Å². The van der Waals surface area contributed by atoms with Gasteiger partial charge in [-0.25, -0.2) is 0 Å². The van der Waals surface area contributed by atoms with Crippen molar-refractivity contribution < 1.29 is 18.9 Å². The van der Waals surface area contributed by atoms with Crippen molar-refractivity contribution in [3.05, 3.63) is 63.5 Å². The number of halogens is 1. The van der Waals surface area contributed by atoms with E-state index < -0.39 is 4.92 Å². The highest BCUT2D eigenvalue weighted by molar-refractivity contribution is 6.30. The lowest BCUT2D eigenvalue weighted by atomic mass is 10.2. The van der Waals surface area contributed by atoms with Crippen LogP contribution in [0.25, 0.3) is 11.4 Å². The van der Waals surface area contributed by atoms with Crippen molar-refractivity contribution in [2.75, 3.05) is 7.11 Å². The molecular weight excluding hydrogens is 350 g/mol. The molecule has 128 valence electrons. The van der Waals surface area contributed by atoms with Crippen LogP contribution in [0.4, 0.5) is 5.69 Å². The number of rotatable bonds is 6. The topological polar surface area (TPSA) is 101 Å². The average Bonchev–Trinajstić information content (AvgIpc) is 3.09. The Labute approximate surface area is 147 Å². The van der Waals surface area contributed by atoms with Gasteiger partial charge in [0.2, 0.25) is 5.82 Å². The third kappa shape index (κ3) is 3.86. The summed E-state index contributed by atoms with van der Waals surface area (Å²) in [6, 6.07) is 11.3. The van der Waals surface area contributed by atoms with Crippen molar-refractivity contribution in [3.8, 4) is 22.9 Å². The Hall–Kier alpha value is -3.13. The van der Waals surface area contributed by atoms with Crippen LogP contribution in [0.1, 0.15) is 5.89 Å². The first-order valence-corrected chi connectivity index (χ1v) is 7.48. The maximum atomic E-state index is 11.1. The van der Waals surface area contributed by atoms with Crippen LogP contribution >= 0.6 is 11.6 Å². The van der Waals surface area contributed by atoms with E-state index in [1.807, 2.05) is 0 Å². The predicted octanol–water partition coefficient (Wildman–Crippen LogP) is 3.89. The summed E-state index contributed by atoms with van der Waals surface area (Å²) in [5, 5.41) is 15.5. The molecule has 8 nitrogen and oxygen atoms in total. The molecular formula is C16H12ClN3O5. The normalized spacial score (nSPS) is 10.5. The van der Waals surface area contributed by atoms with E-state index in [2.05, 4.69) is 10.1 Å². The molecule has 0 aliphatic heterocycles. The second kappa shape index (κ2) is 7.18. The quantitative estimate of drug-likeness (QED) is 0.485. The second-order valence-corrected chi connectivity index (χ2v) is 5.34. The molecule has 0 spiro atoms. The monoisotopic (exact) mass is 361 g/mol. The second-order valence-electron chi connectivity index (χ2n) is 4.90. The Balaban J connectivity index is 1.76. The first-order chi connectivity index (χ1) is 12.1. The lowest BCUT2D eigenvalue weighted by Gasteiger charge is -2.05. The standard InChI is InChI=1S/C16H12ClN3O5/c1-23-12-5-6-14(13(8-12)20(21)22)24-9-15-18-16(19-25-15)10-3-2-4-11(17)7-10/h2-8H,9H2,1H3. The van der Waals surface area contributed by atoms with Gasteiger partial charge in [-0.15, -0.1) is 0 Å². The minimum atomic E-state index is -0.553. The third-order valence-electron chi connectivity index (χ3n) is 3.26. The van der Waals surface area contributed by atoms with E-state index in [1.165, 1.54) is 19.2 Å². The van der Waals surface area contributed by atoms with Crippen LogP contribution in [-0.2, 0) is 6.61 Å². The summed E-state index contributed by atoms with van der Waals surface area (Å²) in [6.45, 7) is -0.110. The van der Waals surface area contributed by atoms with E-state index in [0.29, 0.717) is 22.2 Å². The van der Waals surface area contributed by atoms with Gasteiger partial charge in [0.15, 0.2) is 12.4 Å². The molecule has 0 saturated carbocycles. The number of nitro benzene ring substituents is 1. The van der Waals surface area contributed by atoms with Gasteiger partial charge in [0.05, 0.1) is 18.1 Å². The molecule has 0 fully saturated rings. The van der Waals surface area contributed by atoms with Crippen molar-refractivity contribution in [2.24, 2.45) is 0 Å². The minimum Gasteiger partial charge on any atom is -0.496 e. The molecule has 0 radical (unpaired) electrons. The predicted molar refractivity (Wildman–Crippen MR) is 88.7 cm³/mol. The van der Waals surface area contributed by atoms with Crippen molar-refractivity contribution >= 4 is 17.3 Å². The van der Waals surface area contributed by atoms with Gasteiger partial charge in [0.25, 0.3) is 5.89 Å². The Morgan fingerprint density at radius 1 is 1.28 bits per heavy atom. The molecule has 2 aromatic carbocycles. The first kappa shape index (κ1) is 16.7. The zero-order valence-corrected chi connectivity index (χ0v) is 13.8. The summed E-state index contributed by atoms with van der Waals surface area (Å²) in [5.41, 5.74) is 0.479. The summed E-state index contributed by atoms with van der Waals surface area (Å²) in [4.78, 5) is 14.8. The first-order valence-electron chi connectivity index (χ1n) is 7.10. The fourth-order valence-electron chi connectivity index (χ4n) is 2.09. The summed E-state index contributed by atoms with van der Waals surface area (Å²) >= 11 is 5.93. The van der Waals surface area contributed by atoms with Gasteiger partial charge >= 0.3 is 5.69 Å². The summed E-state index contributed by atoms with van der Waals surface area (Å²) < 4.78 is 15.5. The zero-order chi connectivity index (χ0) is 17.8. The summed E-state index contributed by atoms with van der Waals surface area (Å²) in [5.74, 6) is 0.971. The number of hydrogen-bond acceptors (Lipinski definition) is 7. The average molecular weight is 362 g/mol. The van der Waals surface area contributed by atoms with Gasteiger partial charge in [0, 0.05) is 10.6 Å². The van der Waals surface area contributed by atoms with Crippen LogP contribution in [0.2, 0.25) is 5.02 Å². The molecule has 0 atom stereocenters. The number of nitro groups is 1. The van der Waals surface area contributed by atoms with E-state index in [-0.39, 0.29) is 23.9 Å². The highest BCUT2D eigenvalue weighted by Gasteiger charge is 2.18. The highest BCUT2D eigenvalue weighted by Crippen LogP contribution is 2.31. The van der Waals surface area contributed by atoms with Crippen molar-refractivity contribution in [1.82, 2.24) is 10.1 Å². The SMILES string of the molecule is COc1ccc(OCc2nc(-c3cccc(Cl)c3)no2)c([N+](=O)[O-])c1. The maximum Gasteiger partial charge on any atom is 0.314 e. The molecule has 0 N–H and O–H groups in total. The number of aromatic nitrogens is 2. The molecule has 25 heavy (non-hydrogen) atoms. The summed E-state index contributed by atoms with van der Waals surface area (Å²) in [7, 11) is 1.43. The van der Waals surface area contributed by atoms with E-state index in [0.717, 1.165) is 0 Å². The zero-order valence-electron chi connectivity index (χ0n) is 13.0. The lowest BCUT2D eigenvalue weighted by Crippen LogP contribution is -2.00. The van der Waals surface area contributed by atoms with Crippen molar-refractivity contribution in [1.29, 1.82) is 0 Å². The Kier molecular flexibility index (Phi) is 4.80. The van der Waals surface area contributed by atoms with Crippen molar-refractivity contribution in [3.63, 3.8) is 0 Å². The third-order valence-corrected chi connectivity index (χ3v) is 3.50. The Bertz CT molecular complexity index is 912. The van der Waals surface area contributed by atoms with E-state index in [1.54, 1.807) is 30.3 Å². The van der Waals surface area contributed by atoms with Gasteiger partial charge in [-0.1, -0.05) is 28.9 Å². The molecule has 1 heterocycles. The minimum absolute atomic E-state index is 0.0771. The van der Waals surface area contributed by atoms with Gasteiger partial charge in [0.1, 0.15) is 5.75 Å². The molecule has 3 aromatic rings. The molecule has 0 unspecified atom stereocenters. The van der Waals surface area contributed by atoms with Crippen LogP contribution < -0.4 is 9.47 Å². The fraction of sp³-hybridized carbons (Fsp3) is 0.125. The number of ether oxygens (including phenoxy) is 2. The molecule has 0 amide bonds. The van der Waals surface area contributed by atoms with Crippen molar-refractivity contribution in [2.45, 2.75) is 6.61 Å². The van der Waals surface area contributed by atoms with Gasteiger partial charge in [-0.3, -0.25) is 10.1 Å². The number of methoxy groups -OCH3 is 1. The molecule has 0 saturated heterocycles. The van der Waals surface area contributed by atoms with E-state index >= 15 is 0 Å². The largest absolute Gasteiger partial charge is 0.496 e. The van der Waals surface area contributed by atoms with E-state index in [9.17, 15) is 10.1 Å². The van der Waals surface area contributed by atoms with Gasteiger partial charge in [-0.2, -0.15) is 4.98 Å². The maximum absolute atomic E-state index is 11.1. The fourth-order valence-corrected chi connectivity index (χ4v) is 2.28. The van der Waals surface area contributed by atoms with Crippen LogP contribution in [-0.4, -0.2) is 22.2 Å². The lowest BCUT2D eigenvalue weighted by molar-refractivity contribution is -0.386. The Morgan fingerprint density at radius 3 is 2.84 bits per heavy atom. The molecule has 0 aliphatic rings. The summed E-state index contributed by atoms with van der Waals surface area (Å²) in [6.07, 6.45) is 0. The molecule has 3 rings (SSSR count). The smallest absolute Gasteiger partial charge is 0.314 e. The molecule has 9 heteroatoms. The van der Waals surface area contributed by atoms with Crippen LogP contribution in [0.5, 0.6) is 11.5 Å².